The summed E-state index contributed by atoms with van der Waals surface area (Å²) >= 11 is 0. The zero-order chi connectivity index (χ0) is 22.4. The zero-order valence-corrected chi connectivity index (χ0v) is 19.1. The molecule has 4 heterocycles. The van der Waals surface area contributed by atoms with Crippen molar-refractivity contribution in [3.05, 3.63) is 59.4 Å². The molecule has 7 heteroatoms. The minimum Gasteiger partial charge on any atom is -0.491 e. The third-order valence-corrected chi connectivity index (χ3v) is 7.00. The second kappa shape index (κ2) is 8.14. The van der Waals surface area contributed by atoms with Crippen LogP contribution < -0.4 is 9.64 Å². The summed E-state index contributed by atoms with van der Waals surface area (Å²) < 4.78 is 6.13. The van der Waals surface area contributed by atoms with Crippen LogP contribution in [-0.4, -0.2) is 38.1 Å². The molecule has 7 nitrogen and oxygen atoms in total. The molecule has 0 spiro atoms. The summed E-state index contributed by atoms with van der Waals surface area (Å²) in [5, 5.41) is 0. The molecular formula is C26H28N6O. The summed E-state index contributed by atoms with van der Waals surface area (Å²) in [5.41, 5.74) is 7.61. The second-order valence-electron chi connectivity index (χ2n) is 9.15. The number of fused-ring (bicyclic) bond motifs is 3. The lowest BCUT2D eigenvalue weighted by atomic mass is 9.85. The normalized spacial score (nSPS) is 17.9. The fraction of sp³-hybridized carbons (Fsp3) is 0.385. The largest absolute Gasteiger partial charge is 0.491 e. The molecule has 6 rings (SSSR count). The van der Waals surface area contributed by atoms with Gasteiger partial charge in [-0.25, -0.2) is 19.9 Å². The predicted octanol–water partition coefficient (Wildman–Crippen LogP) is 4.64. The lowest BCUT2D eigenvalue weighted by molar-refractivity contribution is 0.331. The number of hydrogen-bond donors (Lipinski definition) is 1. The predicted molar refractivity (Wildman–Crippen MR) is 128 cm³/mol. The molecule has 1 aliphatic carbocycles. The second-order valence-corrected chi connectivity index (χ2v) is 9.15. The maximum Gasteiger partial charge on any atom is 0.177 e. The van der Waals surface area contributed by atoms with E-state index in [1.165, 1.54) is 29.7 Å². The molecule has 1 aliphatic heterocycles. The monoisotopic (exact) mass is 440 g/mol. The van der Waals surface area contributed by atoms with Crippen molar-refractivity contribution in [3.63, 3.8) is 0 Å². The number of nitrogens with zero attached hydrogens (tertiary/aromatic N) is 5. The molecule has 168 valence electrons. The van der Waals surface area contributed by atoms with Crippen LogP contribution in [0.3, 0.4) is 0 Å². The molecular weight excluding hydrogens is 412 g/mol. The van der Waals surface area contributed by atoms with Gasteiger partial charge in [0.05, 0.1) is 12.1 Å². The number of anilines is 1. The molecule has 1 unspecified atom stereocenters. The Morgan fingerprint density at radius 3 is 3.00 bits per heavy atom. The number of aromatic amines is 1. The molecule has 0 radical (unpaired) electrons. The first-order valence-electron chi connectivity index (χ1n) is 11.8. The van der Waals surface area contributed by atoms with Crippen LogP contribution in [0.5, 0.6) is 5.75 Å². The van der Waals surface area contributed by atoms with E-state index in [1.54, 1.807) is 6.33 Å². The van der Waals surface area contributed by atoms with Gasteiger partial charge in [-0.05, 0) is 55.9 Å². The summed E-state index contributed by atoms with van der Waals surface area (Å²) in [4.78, 5) is 24.0. The zero-order valence-electron chi connectivity index (χ0n) is 19.1. The molecule has 1 N–H and O–H groups in total. The highest BCUT2D eigenvalue weighted by atomic mass is 16.5. The molecule has 0 fully saturated rings. The van der Waals surface area contributed by atoms with Gasteiger partial charge in [-0.2, -0.15) is 0 Å². The molecule has 0 saturated heterocycles. The summed E-state index contributed by atoms with van der Waals surface area (Å²) in [7, 11) is 0. The summed E-state index contributed by atoms with van der Waals surface area (Å²) in [6, 6.07) is 8.53. The number of rotatable bonds is 3. The van der Waals surface area contributed by atoms with Crippen LogP contribution in [0, 0.1) is 12.8 Å². The Morgan fingerprint density at radius 2 is 2.09 bits per heavy atom. The van der Waals surface area contributed by atoms with Crippen molar-refractivity contribution in [1.29, 1.82) is 0 Å². The Labute approximate surface area is 193 Å². The number of nitrogens with one attached hydrogen (secondary N) is 1. The van der Waals surface area contributed by atoms with Crippen LogP contribution >= 0.6 is 0 Å². The van der Waals surface area contributed by atoms with E-state index >= 15 is 0 Å². The fourth-order valence-electron chi connectivity index (χ4n) is 5.15. The van der Waals surface area contributed by atoms with Crippen LogP contribution in [-0.2, 0) is 19.4 Å². The van der Waals surface area contributed by atoms with Crippen molar-refractivity contribution in [3.8, 4) is 16.9 Å². The van der Waals surface area contributed by atoms with Gasteiger partial charge in [0.1, 0.15) is 30.3 Å². The average molecular weight is 441 g/mol. The fourth-order valence-corrected chi connectivity index (χ4v) is 5.15. The van der Waals surface area contributed by atoms with Crippen LogP contribution in [0.25, 0.3) is 22.3 Å². The third kappa shape index (κ3) is 3.71. The average Bonchev–Trinajstić information content (AvgIpc) is 3.09. The van der Waals surface area contributed by atoms with Crippen LogP contribution in [0.15, 0.2) is 36.8 Å². The summed E-state index contributed by atoms with van der Waals surface area (Å²) in [5.74, 6) is 3.62. The van der Waals surface area contributed by atoms with Crippen LogP contribution in [0.2, 0.25) is 0 Å². The maximum absolute atomic E-state index is 6.13. The molecule has 0 bridgehead atoms. The van der Waals surface area contributed by atoms with Gasteiger partial charge >= 0.3 is 0 Å². The lowest BCUT2D eigenvalue weighted by Gasteiger charge is -2.29. The topological polar surface area (TPSA) is 79.8 Å². The van der Waals surface area contributed by atoms with E-state index in [2.05, 4.69) is 56.0 Å². The maximum atomic E-state index is 6.13. The standard InChI is InChI=1S/C26H28N6O/c1-3-17-4-6-22-21(10-17)26(29-15-28-22)32-8-9-33-24-7-5-18(11-20(24)14-32)19-12-23-25(27-13-19)31-16(2)30-23/h5,7,11-13,15,17H,3-4,6,8-10,14H2,1-2H3,(H,27,30,31). The van der Waals surface area contributed by atoms with Gasteiger partial charge in [0.2, 0.25) is 0 Å². The van der Waals surface area contributed by atoms with E-state index in [9.17, 15) is 0 Å². The van der Waals surface area contributed by atoms with E-state index in [1.807, 2.05) is 13.1 Å². The lowest BCUT2D eigenvalue weighted by Crippen LogP contribution is -2.29. The van der Waals surface area contributed by atoms with E-state index < -0.39 is 0 Å². The number of H-pyrrole nitrogens is 1. The first-order chi connectivity index (χ1) is 16.2. The van der Waals surface area contributed by atoms with Crippen molar-refractivity contribution in [2.24, 2.45) is 5.92 Å². The summed E-state index contributed by atoms with van der Waals surface area (Å²) in [6.07, 6.45) is 8.18. The van der Waals surface area contributed by atoms with Gasteiger partial charge in [0, 0.05) is 35.1 Å². The molecule has 1 aromatic carbocycles. The number of pyridine rings is 1. The Bertz CT molecular complexity index is 1330. The smallest absolute Gasteiger partial charge is 0.177 e. The van der Waals surface area contributed by atoms with E-state index in [0.717, 1.165) is 71.5 Å². The van der Waals surface area contributed by atoms with Crippen LogP contribution in [0.4, 0.5) is 5.82 Å². The van der Waals surface area contributed by atoms with E-state index in [0.29, 0.717) is 6.61 Å². The van der Waals surface area contributed by atoms with Crippen molar-refractivity contribution < 1.29 is 4.74 Å². The van der Waals surface area contributed by atoms with E-state index in [-0.39, 0.29) is 0 Å². The number of aryl methyl sites for hydroxylation is 2. The van der Waals surface area contributed by atoms with E-state index in [4.69, 9.17) is 9.72 Å². The Balaban J connectivity index is 1.35. The molecule has 0 amide bonds. The van der Waals surface area contributed by atoms with Gasteiger partial charge in [0.25, 0.3) is 0 Å². The van der Waals surface area contributed by atoms with Gasteiger partial charge in [0.15, 0.2) is 5.65 Å². The highest BCUT2D eigenvalue weighted by Gasteiger charge is 2.26. The van der Waals surface area contributed by atoms with Gasteiger partial charge in [-0.1, -0.05) is 19.4 Å². The Kier molecular flexibility index (Phi) is 4.97. The molecule has 3 aromatic heterocycles. The quantitative estimate of drug-likeness (QED) is 0.500. The van der Waals surface area contributed by atoms with Gasteiger partial charge < -0.3 is 14.6 Å². The number of ether oxygens (including phenoxy) is 1. The van der Waals surface area contributed by atoms with Gasteiger partial charge in [-0.15, -0.1) is 0 Å². The molecule has 2 aliphatic rings. The van der Waals surface area contributed by atoms with Crippen molar-refractivity contribution in [2.45, 2.75) is 46.1 Å². The molecule has 1 atom stereocenters. The molecule has 0 saturated carbocycles. The highest BCUT2D eigenvalue weighted by molar-refractivity contribution is 5.78. The number of imidazole rings is 1. The number of benzene rings is 1. The Hall–Kier alpha value is -3.48. The van der Waals surface area contributed by atoms with Gasteiger partial charge in [-0.3, -0.25) is 0 Å². The first-order valence-corrected chi connectivity index (χ1v) is 11.8. The highest BCUT2D eigenvalue weighted by Crippen LogP contribution is 2.35. The third-order valence-electron chi connectivity index (χ3n) is 7.00. The summed E-state index contributed by atoms with van der Waals surface area (Å²) in [6.45, 7) is 6.45. The SMILES string of the molecule is CCC1CCc2ncnc(N3CCOc4ccc(-c5cnc6nc(C)[nH]c6c5)cc4C3)c2C1. The van der Waals surface area contributed by atoms with Crippen molar-refractivity contribution in [2.75, 3.05) is 18.1 Å². The van der Waals surface area contributed by atoms with Crippen molar-refractivity contribution in [1.82, 2.24) is 24.9 Å². The minimum absolute atomic E-state index is 0.642. The minimum atomic E-state index is 0.642. The first kappa shape index (κ1) is 20.1. The number of hydrogen-bond acceptors (Lipinski definition) is 6. The molecule has 33 heavy (non-hydrogen) atoms. The van der Waals surface area contributed by atoms with Crippen molar-refractivity contribution >= 4 is 17.0 Å². The number of aromatic nitrogens is 5. The Morgan fingerprint density at radius 1 is 1.15 bits per heavy atom. The molecule has 4 aromatic rings. The van der Waals surface area contributed by atoms with Crippen LogP contribution in [0.1, 0.15) is 42.4 Å².